The Morgan fingerprint density at radius 2 is 2.25 bits per heavy atom. The van der Waals surface area contributed by atoms with Crippen molar-refractivity contribution in [1.29, 1.82) is 0 Å². The van der Waals surface area contributed by atoms with Gasteiger partial charge in [-0.1, -0.05) is 26.7 Å². The monoisotopic (exact) mass is 224 g/mol. The molecule has 1 saturated heterocycles. The highest BCUT2D eigenvalue weighted by Gasteiger charge is 2.33. The summed E-state index contributed by atoms with van der Waals surface area (Å²) in [4.78, 5) is 13.9. The van der Waals surface area contributed by atoms with Crippen molar-refractivity contribution in [2.45, 2.75) is 52.1 Å². The fraction of sp³-hybridized carbons (Fsp3) is 0.923. The fourth-order valence-corrected chi connectivity index (χ4v) is 3.12. The summed E-state index contributed by atoms with van der Waals surface area (Å²) in [6.45, 7) is 6.04. The molecule has 3 unspecified atom stereocenters. The summed E-state index contributed by atoms with van der Waals surface area (Å²) in [6, 6.07) is 0. The highest BCUT2D eigenvalue weighted by Crippen LogP contribution is 2.31. The molecule has 3 heteroatoms. The van der Waals surface area contributed by atoms with Gasteiger partial charge in [0.15, 0.2) is 0 Å². The van der Waals surface area contributed by atoms with Crippen LogP contribution in [0.1, 0.15) is 46.0 Å². The Morgan fingerprint density at radius 3 is 2.88 bits per heavy atom. The lowest BCUT2D eigenvalue weighted by Crippen LogP contribution is -2.40. The van der Waals surface area contributed by atoms with Gasteiger partial charge >= 0.3 is 0 Å². The lowest BCUT2D eigenvalue weighted by molar-refractivity contribution is -0.128. The maximum absolute atomic E-state index is 11.8. The molecule has 3 atom stereocenters. The second kappa shape index (κ2) is 5.17. The van der Waals surface area contributed by atoms with Crippen LogP contribution in [-0.4, -0.2) is 30.1 Å². The SMILES string of the molecule is CCCC1NCC(=O)N1CC1CCC(C)C1. The number of nitrogens with one attached hydrogen (secondary N) is 1. The maximum atomic E-state index is 11.8. The number of amides is 1. The molecule has 92 valence electrons. The van der Waals surface area contributed by atoms with Crippen molar-refractivity contribution in [3.63, 3.8) is 0 Å². The summed E-state index contributed by atoms with van der Waals surface area (Å²) < 4.78 is 0. The number of carbonyl (C=O) groups is 1. The van der Waals surface area contributed by atoms with Gasteiger partial charge in [-0.05, 0) is 31.1 Å². The molecule has 1 heterocycles. The van der Waals surface area contributed by atoms with Crippen LogP contribution < -0.4 is 5.32 Å². The van der Waals surface area contributed by atoms with Crippen molar-refractivity contribution in [3.05, 3.63) is 0 Å². The first-order valence-corrected chi connectivity index (χ1v) is 6.73. The molecule has 2 fully saturated rings. The van der Waals surface area contributed by atoms with Gasteiger partial charge in [0.05, 0.1) is 12.7 Å². The van der Waals surface area contributed by atoms with Crippen LogP contribution in [0.5, 0.6) is 0 Å². The van der Waals surface area contributed by atoms with Crippen molar-refractivity contribution < 1.29 is 4.79 Å². The largest absolute Gasteiger partial charge is 0.326 e. The first kappa shape index (κ1) is 11.9. The Bertz CT molecular complexity index is 254. The summed E-state index contributed by atoms with van der Waals surface area (Å²) in [5, 5.41) is 3.32. The quantitative estimate of drug-likeness (QED) is 0.792. The van der Waals surface area contributed by atoms with E-state index < -0.39 is 0 Å². The normalized spacial score (nSPS) is 35.0. The minimum absolute atomic E-state index is 0.304. The molecular formula is C13H24N2O. The van der Waals surface area contributed by atoms with Crippen molar-refractivity contribution >= 4 is 5.91 Å². The summed E-state index contributed by atoms with van der Waals surface area (Å²) >= 11 is 0. The third-order valence-corrected chi connectivity index (χ3v) is 4.01. The van der Waals surface area contributed by atoms with Crippen LogP contribution in [0.3, 0.4) is 0 Å². The molecule has 1 aliphatic heterocycles. The number of nitrogens with zero attached hydrogens (tertiary/aromatic N) is 1. The van der Waals surface area contributed by atoms with Gasteiger partial charge in [0.1, 0.15) is 0 Å². The number of rotatable bonds is 4. The Balaban J connectivity index is 1.88. The lowest BCUT2D eigenvalue weighted by atomic mass is 10.1. The van der Waals surface area contributed by atoms with Crippen LogP contribution in [0.2, 0.25) is 0 Å². The summed E-state index contributed by atoms with van der Waals surface area (Å²) in [5.74, 6) is 1.91. The number of hydrogen-bond donors (Lipinski definition) is 1. The molecule has 3 nitrogen and oxygen atoms in total. The lowest BCUT2D eigenvalue weighted by Gasteiger charge is -2.27. The molecule has 2 aliphatic rings. The highest BCUT2D eigenvalue weighted by atomic mass is 16.2. The molecule has 0 radical (unpaired) electrons. The molecule has 0 spiro atoms. The van der Waals surface area contributed by atoms with E-state index in [0.717, 1.165) is 31.2 Å². The smallest absolute Gasteiger partial charge is 0.237 e. The summed E-state index contributed by atoms with van der Waals surface area (Å²) in [5.41, 5.74) is 0. The van der Waals surface area contributed by atoms with Gasteiger partial charge in [0.2, 0.25) is 5.91 Å². The minimum Gasteiger partial charge on any atom is -0.326 e. The van der Waals surface area contributed by atoms with Crippen LogP contribution >= 0.6 is 0 Å². The molecule has 0 aromatic carbocycles. The zero-order valence-corrected chi connectivity index (χ0v) is 10.5. The van der Waals surface area contributed by atoms with Crippen molar-refractivity contribution in [1.82, 2.24) is 10.2 Å². The second-order valence-electron chi connectivity index (χ2n) is 5.52. The predicted molar refractivity (Wildman–Crippen MR) is 64.9 cm³/mol. The van der Waals surface area contributed by atoms with Crippen LogP contribution in [-0.2, 0) is 4.79 Å². The van der Waals surface area contributed by atoms with E-state index in [2.05, 4.69) is 24.1 Å². The molecule has 0 aromatic rings. The van der Waals surface area contributed by atoms with Gasteiger partial charge in [0, 0.05) is 6.54 Å². The second-order valence-corrected chi connectivity index (χ2v) is 5.52. The Labute approximate surface area is 98.6 Å². The Morgan fingerprint density at radius 1 is 1.44 bits per heavy atom. The minimum atomic E-state index is 0.304. The van der Waals surface area contributed by atoms with Crippen LogP contribution in [0.15, 0.2) is 0 Å². The molecule has 1 N–H and O–H groups in total. The fourth-order valence-electron chi connectivity index (χ4n) is 3.12. The zero-order chi connectivity index (χ0) is 11.5. The third-order valence-electron chi connectivity index (χ3n) is 4.01. The molecule has 0 aromatic heterocycles. The highest BCUT2D eigenvalue weighted by molar-refractivity contribution is 5.80. The molecule has 1 amide bonds. The van der Waals surface area contributed by atoms with Crippen molar-refractivity contribution in [3.8, 4) is 0 Å². The van der Waals surface area contributed by atoms with Gasteiger partial charge in [-0.25, -0.2) is 0 Å². The van der Waals surface area contributed by atoms with E-state index in [1.807, 2.05) is 0 Å². The molecule has 1 aliphatic carbocycles. The summed E-state index contributed by atoms with van der Waals surface area (Å²) in [7, 11) is 0. The third kappa shape index (κ3) is 2.57. The van der Waals surface area contributed by atoms with Gasteiger partial charge in [-0.15, -0.1) is 0 Å². The maximum Gasteiger partial charge on any atom is 0.237 e. The van der Waals surface area contributed by atoms with Crippen LogP contribution in [0.25, 0.3) is 0 Å². The van der Waals surface area contributed by atoms with E-state index in [9.17, 15) is 4.79 Å². The average Bonchev–Trinajstić information content (AvgIpc) is 2.79. The van der Waals surface area contributed by atoms with Crippen LogP contribution in [0, 0.1) is 11.8 Å². The topological polar surface area (TPSA) is 32.3 Å². The number of carbonyl (C=O) groups excluding carboxylic acids is 1. The zero-order valence-electron chi connectivity index (χ0n) is 10.5. The van der Waals surface area contributed by atoms with Crippen molar-refractivity contribution in [2.24, 2.45) is 11.8 Å². The first-order chi connectivity index (χ1) is 7.70. The Kier molecular flexibility index (Phi) is 3.85. The van der Waals surface area contributed by atoms with E-state index in [0.29, 0.717) is 18.6 Å². The molecular weight excluding hydrogens is 200 g/mol. The van der Waals surface area contributed by atoms with E-state index in [1.165, 1.54) is 19.3 Å². The van der Waals surface area contributed by atoms with Gasteiger partial charge < -0.3 is 4.90 Å². The predicted octanol–water partition coefficient (Wildman–Crippen LogP) is 1.98. The molecule has 0 bridgehead atoms. The molecule has 2 rings (SSSR count). The van der Waals surface area contributed by atoms with E-state index in [-0.39, 0.29) is 0 Å². The van der Waals surface area contributed by atoms with Gasteiger partial charge in [0.25, 0.3) is 0 Å². The molecule has 16 heavy (non-hydrogen) atoms. The van der Waals surface area contributed by atoms with Gasteiger partial charge in [-0.3, -0.25) is 10.1 Å². The first-order valence-electron chi connectivity index (χ1n) is 6.73. The average molecular weight is 224 g/mol. The van der Waals surface area contributed by atoms with Crippen LogP contribution in [0.4, 0.5) is 0 Å². The standard InChI is InChI=1S/C13H24N2O/c1-3-4-12-14-8-13(16)15(12)9-11-6-5-10(2)7-11/h10-12,14H,3-9H2,1-2H3. The van der Waals surface area contributed by atoms with Gasteiger partial charge in [-0.2, -0.15) is 0 Å². The van der Waals surface area contributed by atoms with E-state index in [1.54, 1.807) is 0 Å². The van der Waals surface area contributed by atoms with E-state index in [4.69, 9.17) is 0 Å². The van der Waals surface area contributed by atoms with Crippen molar-refractivity contribution in [2.75, 3.05) is 13.1 Å². The summed E-state index contributed by atoms with van der Waals surface area (Å²) in [6.07, 6.45) is 6.51. The number of hydrogen-bond acceptors (Lipinski definition) is 2. The Hall–Kier alpha value is -0.570. The van der Waals surface area contributed by atoms with E-state index >= 15 is 0 Å². The molecule has 1 saturated carbocycles.